The molecule has 0 aliphatic carbocycles. The number of amides is 1. The molecule has 1 saturated heterocycles. The van der Waals surface area contributed by atoms with Crippen LogP contribution in [0.3, 0.4) is 0 Å². The first-order valence-corrected chi connectivity index (χ1v) is 12.9. The predicted octanol–water partition coefficient (Wildman–Crippen LogP) is 3.72. The summed E-state index contributed by atoms with van der Waals surface area (Å²) in [6.07, 6.45) is 5.97. The summed E-state index contributed by atoms with van der Waals surface area (Å²) in [5.41, 5.74) is 3.16. The Hall–Kier alpha value is -3.50. The fourth-order valence-corrected chi connectivity index (χ4v) is 5.88. The number of carbonyl (C=O) groups is 1. The maximum absolute atomic E-state index is 13.3. The molecule has 0 N–H and O–H groups in total. The monoisotopic (exact) mass is 495 g/mol. The van der Waals surface area contributed by atoms with Crippen molar-refractivity contribution in [2.24, 2.45) is 0 Å². The van der Waals surface area contributed by atoms with E-state index in [1.165, 1.54) is 16.4 Å². The lowest BCUT2D eigenvalue weighted by molar-refractivity contribution is -0.119. The van der Waals surface area contributed by atoms with Crippen molar-refractivity contribution in [2.45, 2.75) is 31.7 Å². The van der Waals surface area contributed by atoms with Gasteiger partial charge in [0.25, 0.3) is 0 Å². The predicted molar refractivity (Wildman–Crippen MR) is 132 cm³/mol. The Kier molecular flexibility index (Phi) is 5.94. The normalized spacial score (nSPS) is 15.3. The molecule has 1 fully saturated rings. The zero-order chi connectivity index (χ0) is 24.7. The van der Waals surface area contributed by atoms with Gasteiger partial charge in [-0.3, -0.25) is 4.79 Å². The molecule has 35 heavy (non-hydrogen) atoms. The number of hydrogen-bond acceptors (Lipinski definition) is 4. The third kappa shape index (κ3) is 4.23. The van der Waals surface area contributed by atoms with Crippen LogP contribution in [0, 0.1) is 12.7 Å². The van der Waals surface area contributed by atoms with E-state index in [1.807, 2.05) is 30.5 Å². The van der Waals surface area contributed by atoms with Crippen molar-refractivity contribution in [2.75, 3.05) is 24.5 Å². The van der Waals surface area contributed by atoms with Gasteiger partial charge in [-0.05, 0) is 61.4 Å². The van der Waals surface area contributed by atoms with E-state index >= 15 is 0 Å². The smallest absolute Gasteiger partial charge is 0.245 e. The van der Waals surface area contributed by atoms with Gasteiger partial charge in [-0.15, -0.1) is 0 Å². The van der Waals surface area contributed by atoms with Crippen LogP contribution in [0.2, 0.25) is 0 Å². The topological polar surface area (TPSA) is 80.4 Å². The molecule has 0 saturated carbocycles. The van der Waals surface area contributed by atoms with Crippen LogP contribution in [0.25, 0.3) is 16.6 Å². The number of fused-ring (bicyclic) bond motifs is 1. The molecule has 1 aliphatic rings. The lowest BCUT2D eigenvalue weighted by atomic mass is 10.1. The van der Waals surface area contributed by atoms with E-state index in [-0.39, 0.29) is 36.3 Å². The van der Waals surface area contributed by atoms with Crippen molar-refractivity contribution in [1.29, 1.82) is 0 Å². The standard InChI is InChI=1S/C25H26FN5O3S/c1-3-9-28-10-8-22(16-28)35(33,34)29-11-12-30(25(32)17-29)23-14-19-15-27-31(24(19)13-18(23)2)21-6-4-20(26)5-7-21/h4-8,10,13-16H,3,9,11-12,17H2,1-2H3. The van der Waals surface area contributed by atoms with Crippen molar-refractivity contribution in [3.05, 3.63) is 72.4 Å². The van der Waals surface area contributed by atoms with Gasteiger partial charge in [0.2, 0.25) is 15.9 Å². The zero-order valence-corrected chi connectivity index (χ0v) is 20.4. The quantitative estimate of drug-likeness (QED) is 0.408. The Morgan fingerprint density at radius 2 is 1.86 bits per heavy atom. The molecule has 0 bridgehead atoms. The highest BCUT2D eigenvalue weighted by atomic mass is 32.2. The van der Waals surface area contributed by atoms with E-state index in [4.69, 9.17) is 0 Å². The van der Waals surface area contributed by atoms with Crippen LogP contribution in [0.4, 0.5) is 10.1 Å². The third-order valence-electron chi connectivity index (χ3n) is 6.28. The molecule has 0 spiro atoms. The van der Waals surface area contributed by atoms with Gasteiger partial charge in [0.1, 0.15) is 5.82 Å². The van der Waals surface area contributed by atoms with E-state index < -0.39 is 10.0 Å². The van der Waals surface area contributed by atoms with Gasteiger partial charge in [0.15, 0.2) is 0 Å². The highest BCUT2D eigenvalue weighted by Gasteiger charge is 2.34. The number of halogens is 1. The molecule has 1 amide bonds. The zero-order valence-electron chi connectivity index (χ0n) is 19.6. The van der Waals surface area contributed by atoms with Crippen molar-refractivity contribution in [3.8, 4) is 5.69 Å². The summed E-state index contributed by atoms with van der Waals surface area (Å²) in [5.74, 6) is -0.594. The molecule has 0 atom stereocenters. The number of anilines is 1. The molecule has 3 heterocycles. The van der Waals surface area contributed by atoms with Crippen LogP contribution in [0.15, 0.2) is 66.0 Å². The Morgan fingerprint density at radius 1 is 1.09 bits per heavy atom. The summed E-state index contributed by atoms with van der Waals surface area (Å²) >= 11 is 0. The number of nitrogens with zero attached hydrogens (tertiary/aromatic N) is 5. The average molecular weight is 496 g/mol. The summed E-state index contributed by atoms with van der Waals surface area (Å²) < 4.78 is 44.3. The first-order valence-electron chi connectivity index (χ1n) is 11.5. The molecule has 1 aliphatic heterocycles. The van der Waals surface area contributed by atoms with Gasteiger partial charge in [-0.2, -0.15) is 9.40 Å². The Balaban J connectivity index is 1.39. The number of carbonyl (C=O) groups excluding carboxylic acids is 1. The van der Waals surface area contributed by atoms with E-state index in [1.54, 1.807) is 46.4 Å². The lowest BCUT2D eigenvalue weighted by Crippen LogP contribution is -2.52. The maximum Gasteiger partial charge on any atom is 0.245 e. The second-order valence-electron chi connectivity index (χ2n) is 8.70. The molecular formula is C25H26FN5O3S. The van der Waals surface area contributed by atoms with Crippen LogP contribution in [0.1, 0.15) is 18.9 Å². The minimum absolute atomic E-state index is 0.206. The molecule has 8 nitrogen and oxygen atoms in total. The van der Waals surface area contributed by atoms with Crippen molar-refractivity contribution in [1.82, 2.24) is 18.7 Å². The summed E-state index contributed by atoms with van der Waals surface area (Å²) in [4.78, 5) is 14.9. The fraction of sp³-hybridized carbons (Fsp3) is 0.280. The third-order valence-corrected chi connectivity index (χ3v) is 8.11. The van der Waals surface area contributed by atoms with Crippen molar-refractivity contribution < 1.29 is 17.6 Å². The van der Waals surface area contributed by atoms with E-state index in [0.29, 0.717) is 0 Å². The molecule has 0 unspecified atom stereocenters. The first kappa shape index (κ1) is 23.3. The summed E-state index contributed by atoms with van der Waals surface area (Å²) in [6.45, 7) is 4.92. The van der Waals surface area contributed by atoms with Gasteiger partial charge in [-0.25, -0.2) is 17.5 Å². The van der Waals surface area contributed by atoms with Gasteiger partial charge in [0.05, 0.1) is 28.8 Å². The van der Waals surface area contributed by atoms with Crippen LogP contribution < -0.4 is 4.90 Å². The number of aromatic nitrogens is 3. The molecular weight excluding hydrogens is 469 g/mol. The van der Waals surface area contributed by atoms with Crippen LogP contribution in [-0.4, -0.2) is 52.6 Å². The second-order valence-corrected chi connectivity index (χ2v) is 10.6. The minimum Gasteiger partial charge on any atom is -0.353 e. The minimum atomic E-state index is -3.75. The molecule has 182 valence electrons. The number of rotatable bonds is 6. The number of hydrogen-bond donors (Lipinski definition) is 0. The van der Waals surface area contributed by atoms with Crippen molar-refractivity contribution >= 4 is 32.5 Å². The number of sulfonamides is 1. The lowest BCUT2D eigenvalue weighted by Gasteiger charge is -2.34. The Bertz CT molecular complexity index is 1510. The van der Waals surface area contributed by atoms with E-state index in [9.17, 15) is 17.6 Å². The van der Waals surface area contributed by atoms with Gasteiger partial charge in [-0.1, -0.05) is 6.92 Å². The van der Waals surface area contributed by atoms with Crippen molar-refractivity contribution in [3.63, 3.8) is 0 Å². The Labute approximate surface area is 203 Å². The summed E-state index contributed by atoms with van der Waals surface area (Å²) in [5, 5.41) is 5.26. The van der Waals surface area contributed by atoms with Gasteiger partial charge >= 0.3 is 0 Å². The highest BCUT2D eigenvalue weighted by molar-refractivity contribution is 7.89. The maximum atomic E-state index is 13.3. The SMILES string of the molecule is CCCn1ccc(S(=O)(=O)N2CCN(c3cc4cnn(-c5ccc(F)cc5)c4cc3C)C(=O)C2)c1. The van der Waals surface area contributed by atoms with Crippen LogP contribution in [-0.2, 0) is 21.4 Å². The number of aryl methyl sites for hydroxylation is 2. The largest absolute Gasteiger partial charge is 0.353 e. The highest BCUT2D eigenvalue weighted by Crippen LogP contribution is 2.30. The molecule has 5 rings (SSSR count). The summed E-state index contributed by atoms with van der Waals surface area (Å²) in [7, 11) is -3.75. The Morgan fingerprint density at radius 3 is 2.57 bits per heavy atom. The molecule has 2 aromatic carbocycles. The van der Waals surface area contributed by atoms with Gasteiger partial charge < -0.3 is 9.47 Å². The van der Waals surface area contributed by atoms with Crippen LogP contribution in [0.5, 0.6) is 0 Å². The number of benzene rings is 2. The summed E-state index contributed by atoms with van der Waals surface area (Å²) in [6, 6.07) is 11.5. The van der Waals surface area contributed by atoms with Gasteiger partial charge in [0, 0.05) is 43.1 Å². The number of piperazine rings is 1. The van der Waals surface area contributed by atoms with Crippen LogP contribution >= 0.6 is 0 Å². The molecule has 0 radical (unpaired) electrons. The fourth-order valence-electron chi connectivity index (χ4n) is 4.47. The first-order chi connectivity index (χ1) is 16.8. The average Bonchev–Trinajstić information content (AvgIpc) is 3.47. The molecule has 10 heteroatoms. The van der Waals surface area contributed by atoms with E-state index in [2.05, 4.69) is 5.10 Å². The molecule has 4 aromatic rings. The van der Waals surface area contributed by atoms with E-state index in [0.717, 1.165) is 40.8 Å². The molecule has 2 aromatic heterocycles. The second kappa shape index (κ2) is 8.94.